The number of pyridine rings is 1. The Kier molecular flexibility index (Phi) is 6.31. The third-order valence-corrected chi connectivity index (χ3v) is 5.07. The van der Waals surface area contributed by atoms with Crippen LogP contribution in [0.15, 0.2) is 51.5 Å². The summed E-state index contributed by atoms with van der Waals surface area (Å²) in [6, 6.07) is 12.1. The minimum atomic E-state index is 0.00901. The van der Waals surface area contributed by atoms with E-state index in [1.54, 1.807) is 6.20 Å². The molecule has 1 aromatic heterocycles. The van der Waals surface area contributed by atoms with Gasteiger partial charge in [-0.15, -0.1) is 0 Å². The fourth-order valence-electron chi connectivity index (χ4n) is 2.86. The molecule has 0 bridgehead atoms. The molecular formula is C18H20Br2N4O. The van der Waals surface area contributed by atoms with Gasteiger partial charge in [0.15, 0.2) is 0 Å². The molecule has 7 heteroatoms. The lowest BCUT2D eigenvalue weighted by molar-refractivity contribution is 0.194. The first-order valence-electron chi connectivity index (χ1n) is 8.25. The van der Waals surface area contributed by atoms with E-state index < -0.39 is 0 Å². The SMILES string of the molecule is O=C(NCCc1cc(Br)cc(Br)c1)N1CCN(c2ccccn2)CC1. The van der Waals surface area contributed by atoms with Gasteiger partial charge in [-0.3, -0.25) is 0 Å². The number of carbonyl (C=O) groups excluding carboxylic acids is 1. The van der Waals surface area contributed by atoms with E-state index >= 15 is 0 Å². The first kappa shape index (κ1) is 18.2. The van der Waals surface area contributed by atoms with Gasteiger partial charge in [-0.1, -0.05) is 37.9 Å². The topological polar surface area (TPSA) is 48.5 Å². The summed E-state index contributed by atoms with van der Waals surface area (Å²) in [6.07, 6.45) is 2.60. The van der Waals surface area contributed by atoms with E-state index in [9.17, 15) is 4.79 Å². The number of hydrogen-bond donors (Lipinski definition) is 1. The fraction of sp³-hybridized carbons (Fsp3) is 0.333. The average Bonchev–Trinajstić information content (AvgIpc) is 2.62. The summed E-state index contributed by atoms with van der Waals surface area (Å²) in [7, 11) is 0. The van der Waals surface area contributed by atoms with Crippen molar-refractivity contribution in [3.63, 3.8) is 0 Å². The smallest absolute Gasteiger partial charge is 0.317 e. The second-order valence-electron chi connectivity index (χ2n) is 5.92. The van der Waals surface area contributed by atoms with Crippen LogP contribution in [0, 0.1) is 0 Å². The Hall–Kier alpha value is -1.60. The standard InChI is InChI=1S/C18H20Br2N4O/c19-15-11-14(12-16(20)13-15)4-6-22-18(25)24-9-7-23(8-10-24)17-3-1-2-5-21-17/h1-3,5,11-13H,4,6-10H2,(H,22,25). The Morgan fingerprint density at radius 3 is 2.44 bits per heavy atom. The lowest BCUT2D eigenvalue weighted by atomic mass is 10.1. The predicted molar refractivity (Wildman–Crippen MR) is 107 cm³/mol. The van der Waals surface area contributed by atoms with Crippen molar-refractivity contribution in [1.29, 1.82) is 0 Å². The first-order chi connectivity index (χ1) is 12.1. The Labute approximate surface area is 164 Å². The number of rotatable bonds is 4. The number of nitrogens with zero attached hydrogens (tertiary/aromatic N) is 3. The highest BCUT2D eigenvalue weighted by molar-refractivity contribution is 9.11. The number of hydrogen-bond acceptors (Lipinski definition) is 3. The zero-order chi connectivity index (χ0) is 17.6. The van der Waals surface area contributed by atoms with Crippen LogP contribution in [0.4, 0.5) is 10.6 Å². The highest BCUT2D eigenvalue weighted by atomic mass is 79.9. The molecule has 1 saturated heterocycles. The minimum Gasteiger partial charge on any atom is -0.353 e. The van der Waals surface area contributed by atoms with Gasteiger partial charge in [-0.05, 0) is 42.3 Å². The Balaban J connectivity index is 1.43. The van der Waals surface area contributed by atoms with Crippen molar-refractivity contribution < 1.29 is 4.79 Å². The first-order valence-corrected chi connectivity index (χ1v) is 9.84. The molecule has 25 heavy (non-hydrogen) atoms. The Bertz CT molecular complexity index is 698. The fourth-order valence-corrected chi connectivity index (χ4v) is 4.25. The minimum absolute atomic E-state index is 0.00901. The highest BCUT2D eigenvalue weighted by Gasteiger charge is 2.21. The van der Waals surface area contributed by atoms with Gasteiger partial charge >= 0.3 is 6.03 Å². The second-order valence-corrected chi connectivity index (χ2v) is 7.75. The number of amides is 2. The van der Waals surface area contributed by atoms with E-state index in [1.165, 1.54) is 5.56 Å². The summed E-state index contributed by atoms with van der Waals surface area (Å²) in [6.45, 7) is 3.67. The van der Waals surface area contributed by atoms with Crippen molar-refractivity contribution in [1.82, 2.24) is 15.2 Å². The highest BCUT2D eigenvalue weighted by Crippen LogP contribution is 2.20. The summed E-state index contributed by atoms with van der Waals surface area (Å²) >= 11 is 6.97. The molecule has 132 valence electrons. The maximum Gasteiger partial charge on any atom is 0.317 e. The van der Waals surface area contributed by atoms with Crippen LogP contribution in [0.25, 0.3) is 0 Å². The number of benzene rings is 1. The summed E-state index contributed by atoms with van der Waals surface area (Å²) in [5.74, 6) is 0.975. The molecular weight excluding hydrogens is 448 g/mol. The van der Waals surface area contributed by atoms with E-state index in [1.807, 2.05) is 29.2 Å². The summed E-state index contributed by atoms with van der Waals surface area (Å²) in [5.41, 5.74) is 1.18. The number of carbonyl (C=O) groups is 1. The van der Waals surface area contributed by atoms with Gasteiger partial charge in [0.1, 0.15) is 5.82 Å². The van der Waals surface area contributed by atoms with E-state index in [0.29, 0.717) is 19.6 Å². The molecule has 1 aliphatic rings. The molecule has 0 unspecified atom stereocenters. The van der Waals surface area contributed by atoms with Crippen LogP contribution in [0.3, 0.4) is 0 Å². The van der Waals surface area contributed by atoms with Crippen LogP contribution in [-0.2, 0) is 6.42 Å². The molecule has 1 aliphatic heterocycles. The molecule has 0 radical (unpaired) electrons. The van der Waals surface area contributed by atoms with E-state index in [-0.39, 0.29) is 6.03 Å². The molecule has 2 amide bonds. The zero-order valence-corrected chi connectivity index (χ0v) is 17.0. The molecule has 5 nitrogen and oxygen atoms in total. The van der Waals surface area contributed by atoms with Gasteiger partial charge < -0.3 is 15.1 Å². The number of halogens is 2. The lowest BCUT2D eigenvalue weighted by Gasteiger charge is -2.35. The van der Waals surface area contributed by atoms with E-state index in [0.717, 1.165) is 34.3 Å². The van der Waals surface area contributed by atoms with Gasteiger partial charge in [0.25, 0.3) is 0 Å². The van der Waals surface area contributed by atoms with E-state index in [4.69, 9.17) is 0 Å². The van der Waals surface area contributed by atoms with Crippen molar-refractivity contribution >= 4 is 43.7 Å². The van der Waals surface area contributed by atoms with Gasteiger partial charge in [0.05, 0.1) is 0 Å². The van der Waals surface area contributed by atoms with Crippen molar-refractivity contribution in [3.8, 4) is 0 Å². The molecule has 1 fully saturated rings. The summed E-state index contributed by atoms with van der Waals surface area (Å²) in [5, 5.41) is 3.02. The van der Waals surface area contributed by atoms with E-state index in [2.05, 4.69) is 59.2 Å². The third kappa shape index (κ3) is 5.19. The number of anilines is 1. The maximum absolute atomic E-state index is 12.3. The normalized spacial score (nSPS) is 14.5. The Morgan fingerprint density at radius 2 is 1.80 bits per heavy atom. The third-order valence-electron chi connectivity index (χ3n) is 4.15. The van der Waals surface area contributed by atoms with Crippen molar-refractivity contribution in [2.45, 2.75) is 6.42 Å². The molecule has 0 atom stereocenters. The quantitative estimate of drug-likeness (QED) is 0.746. The molecule has 3 rings (SSSR count). The molecule has 1 N–H and O–H groups in total. The molecule has 2 aromatic rings. The van der Waals surface area contributed by atoms with Crippen LogP contribution >= 0.6 is 31.9 Å². The van der Waals surface area contributed by atoms with Crippen LogP contribution < -0.4 is 10.2 Å². The molecule has 0 saturated carbocycles. The molecule has 0 aliphatic carbocycles. The van der Waals surface area contributed by atoms with Gasteiger partial charge in [-0.25, -0.2) is 9.78 Å². The molecule has 1 aromatic carbocycles. The van der Waals surface area contributed by atoms with Crippen LogP contribution in [0.1, 0.15) is 5.56 Å². The zero-order valence-electron chi connectivity index (χ0n) is 13.8. The van der Waals surface area contributed by atoms with Crippen LogP contribution in [0.2, 0.25) is 0 Å². The van der Waals surface area contributed by atoms with Gasteiger partial charge in [0.2, 0.25) is 0 Å². The summed E-state index contributed by atoms with van der Waals surface area (Å²) in [4.78, 5) is 20.8. The van der Waals surface area contributed by atoms with Gasteiger partial charge in [-0.2, -0.15) is 0 Å². The largest absolute Gasteiger partial charge is 0.353 e. The lowest BCUT2D eigenvalue weighted by Crippen LogP contribution is -2.52. The maximum atomic E-state index is 12.3. The van der Waals surface area contributed by atoms with Crippen LogP contribution in [-0.4, -0.2) is 48.6 Å². The van der Waals surface area contributed by atoms with Crippen molar-refractivity contribution in [3.05, 3.63) is 57.1 Å². The van der Waals surface area contributed by atoms with Crippen molar-refractivity contribution in [2.75, 3.05) is 37.6 Å². The second kappa shape index (κ2) is 8.67. The molecule has 0 spiro atoms. The number of nitrogens with one attached hydrogen (secondary N) is 1. The van der Waals surface area contributed by atoms with Gasteiger partial charge in [0, 0.05) is 47.9 Å². The number of urea groups is 1. The van der Waals surface area contributed by atoms with Crippen LogP contribution in [0.5, 0.6) is 0 Å². The molecule has 2 heterocycles. The number of aromatic nitrogens is 1. The number of piperazine rings is 1. The average molecular weight is 468 g/mol. The monoisotopic (exact) mass is 466 g/mol. The predicted octanol–water partition coefficient (Wildman–Crippen LogP) is 3.68. The Morgan fingerprint density at radius 1 is 1.08 bits per heavy atom. The summed E-state index contributed by atoms with van der Waals surface area (Å²) < 4.78 is 2.07. The van der Waals surface area contributed by atoms with Crippen molar-refractivity contribution in [2.24, 2.45) is 0 Å².